The summed E-state index contributed by atoms with van der Waals surface area (Å²) in [6.07, 6.45) is 1.31. The third kappa shape index (κ3) is 1.85. The molecule has 1 atom stereocenters. The average Bonchev–Trinajstić information content (AvgIpc) is 2.73. The lowest BCUT2D eigenvalue weighted by atomic mass is 10.1. The smallest absolute Gasteiger partial charge is 0.164 e. The lowest BCUT2D eigenvalue weighted by Crippen LogP contribution is -2.24. The van der Waals surface area contributed by atoms with E-state index in [2.05, 4.69) is 29.3 Å². The van der Waals surface area contributed by atoms with Crippen molar-refractivity contribution < 1.29 is 5.11 Å². The summed E-state index contributed by atoms with van der Waals surface area (Å²) >= 11 is 0. The first-order valence-electron chi connectivity index (χ1n) is 5.91. The van der Waals surface area contributed by atoms with Gasteiger partial charge in [-0.05, 0) is 13.3 Å². The highest BCUT2D eigenvalue weighted by Gasteiger charge is 2.21. The molecule has 2 heterocycles. The number of fused-ring (bicyclic) bond motifs is 1. The van der Waals surface area contributed by atoms with Crippen LogP contribution in [0.2, 0.25) is 0 Å². The third-order valence-electron chi connectivity index (χ3n) is 3.23. The first-order valence-corrected chi connectivity index (χ1v) is 5.91. The molecule has 1 aliphatic rings. The van der Waals surface area contributed by atoms with Crippen molar-refractivity contribution in [3.8, 4) is 11.4 Å². The van der Waals surface area contributed by atoms with Crippen molar-refractivity contribution in [2.75, 3.05) is 0 Å². The highest BCUT2D eigenvalue weighted by molar-refractivity contribution is 5.56. The van der Waals surface area contributed by atoms with E-state index in [-0.39, 0.29) is 6.10 Å². The first kappa shape index (κ1) is 10.5. The van der Waals surface area contributed by atoms with Crippen LogP contribution in [0.4, 0.5) is 0 Å². The Bertz CT molecular complexity index is 530. The Labute approximate surface area is 99.9 Å². The lowest BCUT2D eigenvalue weighted by molar-refractivity contribution is 0.131. The molecule has 1 aliphatic heterocycles. The summed E-state index contributed by atoms with van der Waals surface area (Å²) in [6, 6.07) is 8.23. The monoisotopic (exact) mass is 229 g/mol. The number of aliphatic hydroxyl groups excluding tert-OH is 1. The molecule has 0 amide bonds. The molecule has 1 aromatic carbocycles. The number of rotatable bonds is 1. The molecule has 0 fully saturated rings. The Morgan fingerprint density at radius 3 is 2.76 bits per heavy atom. The number of hydrogen-bond donors (Lipinski definition) is 1. The van der Waals surface area contributed by atoms with Crippen LogP contribution < -0.4 is 0 Å². The van der Waals surface area contributed by atoms with E-state index in [1.807, 2.05) is 16.7 Å². The quantitative estimate of drug-likeness (QED) is 0.807. The van der Waals surface area contributed by atoms with Gasteiger partial charge in [-0.2, -0.15) is 0 Å². The number of aliphatic hydroxyl groups is 1. The molecule has 1 N–H and O–H groups in total. The topological polar surface area (TPSA) is 50.9 Å². The van der Waals surface area contributed by atoms with Crippen molar-refractivity contribution in [2.24, 2.45) is 0 Å². The van der Waals surface area contributed by atoms with E-state index in [4.69, 9.17) is 0 Å². The molecular weight excluding hydrogens is 214 g/mol. The molecule has 0 bridgehead atoms. The van der Waals surface area contributed by atoms with Gasteiger partial charge < -0.3 is 9.67 Å². The largest absolute Gasteiger partial charge is 0.391 e. The van der Waals surface area contributed by atoms with E-state index in [1.165, 1.54) is 5.56 Å². The minimum absolute atomic E-state index is 0.275. The fraction of sp³-hybridized carbons (Fsp3) is 0.385. The Morgan fingerprint density at radius 1 is 1.24 bits per heavy atom. The summed E-state index contributed by atoms with van der Waals surface area (Å²) in [5, 5.41) is 18.1. The van der Waals surface area contributed by atoms with Crippen LogP contribution >= 0.6 is 0 Å². The van der Waals surface area contributed by atoms with Crippen LogP contribution in [0.1, 0.15) is 17.8 Å². The van der Waals surface area contributed by atoms with Gasteiger partial charge in [0.15, 0.2) is 5.82 Å². The fourth-order valence-electron chi connectivity index (χ4n) is 2.23. The van der Waals surface area contributed by atoms with Gasteiger partial charge in [0, 0.05) is 12.0 Å². The third-order valence-corrected chi connectivity index (χ3v) is 3.23. The minimum atomic E-state index is -0.275. The molecule has 0 spiro atoms. The Morgan fingerprint density at radius 2 is 2.00 bits per heavy atom. The summed E-state index contributed by atoms with van der Waals surface area (Å²) in [5.41, 5.74) is 2.29. The van der Waals surface area contributed by atoms with Crippen molar-refractivity contribution in [2.45, 2.75) is 32.4 Å². The SMILES string of the molecule is Cc1ccc(-c2nnc3n2CC(O)CC3)cc1. The molecule has 4 nitrogen and oxygen atoms in total. The molecule has 3 rings (SSSR count). The summed E-state index contributed by atoms with van der Waals surface area (Å²) in [4.78, 5) is 0. The maximum atomic E-state index is 9.71. The van der Waals surface area contributed by atoms with Gasteiger partial charge in [0.2, 0.25) is 0 Å². The van der Waals surface area contributed by atoms with Crippen molar-refractivity contribution in [1.82, 2.24) is 14.8 Å². The van der Waals surface area contributed by atoms with Gasteiger partial charge in [0.05, 0.1) is 12.6 Å². The van der Waals surface area contributed by atoms with E-state index in [0.717, 1.165) is 30.1 Å². The van der Waals surface area contributed by atoms with E-state index in [0.29, 0.717) is 6.54 Å². The minimum Gasteiger partial charge on any atom is -0.391 e. The van der Waals surface area contributed by atoms with Crippen molar-refractivity contribution in [3.63, 3.8) is 0 Å². The predicted octanol–water partition coefficient (Wildman–Crippen LogP) is 1.56. The second kappa shape index (κ2) is 3.96. The summed E-state index contributed by atoms with van der Waals surface area (Å²) in [6.45, 7) is 2.67. The first-order chi connectivity index (χ1) is 8.24. The molecule has 0 saturated heterocycles. The highest BCUT2D eigenvalue weighted by Crippen LogP contribution is 2.23. The Hall–Kier alpha value is -1.68. The molecule has 17 heavy (non-hydrogen) atoms. The van der Waals surface area contributed by atoms with Gasteiger partial charge in [-0.1, -0.05) is 29.8 Å². The van der Waals surface area contributed by atoms with Gasteiger partial charge >= 0.3 is 0 Å². The zero-order valence-electron chi connectivity index (χ0n) is 9.80. The van der Waals surface area contributed by atoms with Crippen LogP contribution in [0.25, 0.3) is 11.4 Å². The molecule has 0 saturated carbocycles. The zero-order valence-corrected chi connectivity index (χ0v) is 9.80. The second-order valence-electron chi connectivity index (χ2n) is 4.61. The van der Waals surface area contributed by atoms with Crippen molar-refractivity contribution in [1.29, 1.82) is 0 Å². The fourth-order valence-corrected chi connectivity index (χ4v) is 2.23. The number of aromatic nitrogens is 3. The molecule has 0 aliphatic carbocycles. The average molecular weight is 229 g/mol. The van der Waals surface area contributed by atoms with Crippen molar-refractivity contribution >= 4 is 0 Å². The predicted molar refractivity (Wildman–Crippen MR) is 64.5 cm³/mol. The zero-order chi connectivity index (χ0) is 11.8. The van der Waals surface area contributed by atoms with Gasteiger partial charge in [-0.25, -0.2) is 0 Å². The van der Waals surface area contributed by atoms with Crippen molar-refractivity contribution in [3.05, 3.63) is 35.7 Å². The van der Waals surface area contributed by atoms with Crippen LogP contribution in [0.15, 0.2) is 24.3 Å². The lowest BCUT2D eigenvalue weighted by Gasteiger charge is -2.19. The van der Waals surface area contributed by atoms with Crippen LogP contribution in [-0.2, 0) is 13.0 Å². The van der Waals surface area contributed by atoms with Gasteiger partial charge in [0.1, 0.15) is 5.82 Å². The van der Waals surface area contributed by atoms with E-state index in [9.17, 15) is 5.11 Å². The van der Waals surface area contributed by atoms with Crippen LogP contribution in [-0.4, -0.2) is 26.0 Å². The number of aryl methyl sites for hydroxylation is 2. The number of hydrogen-bond acceptors (Lipinski definition) is 3. The van der Waals surface area contributed by atoms with Gasteiger partial charge in [-0.15, -0.1) is 10.2 Å². The summed E-state index contributed by atoms with van der Waals surface area (Å²) in [7, 11) is 0. The Kier molecular flexibility index (Phi) is 2.44. The van der Waals surface area contributed by atoms with Crippen LogP contribution in [0.5, 0.6) is 0 Å². The highest BCUT2D eigenvalue weighted by atomic mass is 16.3. The molecular formula is C13H15N3O. The van der Waals surface area contributed by atoms with Gasteiger partial charge in [0.25, 0.3) is 0 Å². The van der Waals surface area contributed by atoms with Gasteiger partial charge in [-0.3, -0.25) is 0 Å². The molecule has 0 radical (unpaired) electrons. The molecule has 4 heteroatoms. The molecule has 1 aromatic heterocycles. The normalized spacial score (nSPS) is 19.1. The molecule has 88 valence electrons. The maximum absolute atomic E-state index is 9.71. The second-order valence-corrected chi connectivity index (χ2v) is 4.61. The molecule has 1 unspecified atom stereocenters. The summed E-state index contributed by atoms with van der Waals surface area (Å²) < 4.78 is 2.03. The van der Waals surface area contributed by atoms with Crippen LogP contribution in [0, 0.1) is 6.92 Å². The van der Waals surface area contributed by atoms with Crippen LogP contribution in [0.3, 0.4) is 0 Å². The number of benzene rings is 1. The standard InChI is InChI=1S/C13H15N3O/c1-9-2-4-10(5-3-9)13-15-14-12-7-6-11(17)8-16(12)13/h2-5,11,17H,6-8H2,1H3. The van der Waals surface area contributed by atoms with E-state index < -0.39 is 0 Å². The Balaban J connectivity index is 2.04. The summed E-state index contributed by atoms with van der Waals surface area (Å²) in [5.74, 6) is 1.84. The van der Waals surface area contributed by atoms with E-state index >= 15 is 0 Å². The maximum Gasteiger partial charge on any atom is 0.164 e. The number of nitrogens with zero attached hydrogens (tertiary/aromatic N) is 3. The van der Waals surface area contributed by atoms with E-state index in [1.54, 1.807) is 0 Å². The molecule has 2 aromatic rings.